The molecule has 0 bridgehead atoms. The van der Waals surface area contributed by atoms with Gasteiger partial charge in [-0.1, -0.05) is 41.4 Å². The third-order valence-corrected chi connectivity index (χ3v) is 4.00. The Hall–Kier alpha value is -2.84. The molecule has 0 radical (unpaired) electrons. The predicted octanol–water partition coefficient (Wildman–Crippen LogP) is 4.36. The molecule has 0 aliphatic rings. The average molecular weight is 374 g/mol. The van der Waals surface area contributed by atoms with E-state index in [1.807, 2.05) is 31.2 Å². The Morgan fingerprint density at radius 1 is 1.36 bits per heavy atom. The number of hydrogen-bond donors (Lipinski definition) is 1. The fourth-order valence-corrected chi connectivity index (χ4v) is 2.61. The van der Waals surface area contributed by atoms with Gasteiger partial charge in [0.2, 0.25) is 4.77 Å². The summed E-state index contributed by atoms with van der Waals surface area (Å²) in [5, 5.41) is 22.2. The van der Waals surface area contributed by atoms with Gasteiger partial charge in [-0.15, -0.1) is 0 Å². The molecule has 0 spiro atoms. The van der Waals surface area contributed by atoms with Crippen LogP contribution in [0.15, 0.2) is 47.6 Å². The predicted molar refractivity (Wildman–Crippen MR) is 98.7 cm³/mol. The van der Waals surface area contributed by atoms with Gasteiger partial charge in [0.1, 0.15) is 5.02 Å². The Morgan fingerprint density at radius 3 is 2.88 bits per heavy atom. The van der Waals surface area contributed by atoms with Crippen molar-refractivity contribution in [2.24, 2.45) is 5.10 Å². The van der Waals surface area contributed by atoms with Crippen LogP contribution in [0.5, 0.6) is 0 Å². The van der Waals surface area contributed by atoms with Crippen molar-refractivity contribution in [2.45, 2.75) is 6.92 Å². The summed E-state index contributed by atoms with van der Waals surface area (Å²) in [6.45, 7) is 1.98. The molecule has 2 aromatic carbocycles. The third-order valence-electron chi connectivity index (χ3n) is 3.42. The molecule has 0 saturated carbocycles. The van der Waals surface area contributed by atoms with Crippen LogP contribution in [0.2, 0.25) is 5.02 Å². The van der Waals surface area contributed by atoms with Gasteiger partial charge in [0.15, 0.2) is 5.82 Å². The number of nitro groups is 1. The zero-order valence-corrected chi connectivity index (χ0v) is 14.6. The molecular weight excluding hydrogens is 362 g/mol. The van der Waals surface area contributed by atoms with Crippen LogP contribution < -0.4 is 0 Å². The normalized spacial score (nSPS) is 11.1. The Kier molecular flexibility index (Phi) is 4.73. The van der Waals surface area contributed by atoms with Gasteiger partial charge in [-0.05, 0) is 31.3 Å². The van der Waals surface area contributed by atoms with Gasteiger partial charge in [0, 0.05) is 17.2 Å². The molecule has 0 fully saturated rings. The van der Waals surface area contributed by atoms with Crippen LogP contribution in [0.25, 0.3) is 11.4 Å². The molecule has 0 amide bonds. The number of nitro benzene ring substituents is 1. The standard InChI is InChI=1S/C16H12ClN5O2S/c1-10-3-2-4-12(7-10)15-19-20-16(25)21(15)18-9-11-5-6-13(17)14(8-11)22(23)24/h2-9H,1H3,(H,20,25)/b18-9-. The van der Waals surface area contributed by atoms with E-state index in [9.17, 15) is 10.1 Å². The van der Waals surface area contributed by atoms with Crippen LogP contribution >= 0.6 is 23.8 Å². The van der Waals surface area contributed by atoms with E-state index < -0.39 is 4.92 Å². The van der Waals surface area contributed by atoms with Gasteiger partial charge in [-0.3, -0.25) is 10.1 Å². The Balaban J connectivity index is 2.00. The number of hydrogen-bond acceptors (Lipinski definition) is 5. The smallest absolute Gasteiger partial charge is 0.258 e. The summed E-state index contributed by atoms with van der Waals surface area (Å²) in [5.41, 5.74) is 2.27. The summed E-state index contributed by atoms with van der Waals surface area (Å²) < 4.78 is 1.78. The fraction of sp³-hybridized carbons (Fsp3) is 0.0625. The van der Waals surface area contributed by atoms with Crippen molar-refractivity contribution in [3.63, 3.8) is 0 Å². The van der Waals surface area contributed by atoms with Gasteiger partial charge in [0.25, 0.3) is 5.69 Å². The molecule has 0 aliphatic carbocycles. The number of aromatic nitrogens is 3. The molecule has 0 aliphatic heterocycles. The number of aromatic amines is 1. The van der Waals surface area contributed by atoms with Crippen LogP contribution in [0.3, 0.4) is 0 Å². The minimum Gasteiger partial charge on any atom is -0.258 e. The van der Waals surface area contributed by atoms with Gasteiger partial charge in [-0.25, -0.2) is 5.10 Å². The molecule has 0 atom stereocenters. The first-order chi connectivity index (χ1) is 12.0. The van der Waals surface area contributed by atoms with Crippen molar-refractivity contribution < 1.29 is 4.92 Å². The van der Waals surface area contributed by atoms with Gasteiger partial charge < -0.3 is 0 Å². The zero-order chi connectivity index (χ0) is 18.0. The largest absolute Gasteiger partial charge is 0.288 e. The van der Waals surface area contributed by atoms with Gasteiger partial charge in [-0.2, -0.15) is 14.9 Å². The summed E-state index contributed by atoms with van der Waals surface area (Å²) in [6.07, 6.45) is 1.47. The minimum absolute atomic E-state index is 0.0718. The molecule has 1 N–H and O–H groups in total. The van der Waals surface area contributed by atoms with E-state index in [1.54, 1.807) is 6.07 Å². The van der Waals surface area contributed by atoms with Crippen LogP contribution in [-0.4, -0.2) is 26.0 Å². The molecule has 3 aromatic rings. The Morgan fingerprint density at radius 2 is 2.16 bits per heavy atom. The van der Waals surface area contributed by atoms with Crippen molar-refractivity contribution in [2.75, 3.05) is 0 Å². The van der Waals surface area contributed by atoms with Crippen molar-refractivity contribution in [3.05, 3.63) is 73.5 Å². The monoisotopic (exact) mass is 373 g/mol. The molecule has 3 rings (SSSR count). The molecule has 126 valence electrons. The van der Waals surface area contributed by atoms with Crippen molar-refractivity contribution in [1.29, 1.82) is 0 Å². The lowest BCUT2D eigenvalue weighted by molar-refractivity contribution is -0.384. The van der Waals surface area contributed by atoms with Crippen molar-refractivity contribution in [1.82, 2.24) is 14.9 Å². The van der Waals surface area contributed by atoms with Crippen LogP contribution in [0.4, 0.5) is 5.69 Å². The van der Waals surface area contributed by atoms with E-state index in [-0.39, 0.29) is 10.7 Å². The first kappa shape index (κ1) is 17.0. The first-order valence-corrected chi connectivity index (χ1v) is 7.97. The number of nitrogens with zero attached hydrogens (tertiary/aromatic N) is 4. The van der Waals surface area contributed by atoms with E-state index in [2.05, 4.69) is 15.3 Å². The number of aryl methyl sites for hydroxylation is 1. The summed E-state index contributed by atoms with van der Waals surface area (Å²) in [6, 6.07) is 12.2. The van der Waals surface area contributed by atoms with Crippen LogP contribution in [-0.2, 0) is 0 Å². The SMILES string of the molecule is Cc1cccc(-c2n[nH]c(=S)n2/N=C\c2ccc(Cl)c([N+](=O)[O-])c2)c1. The van der Waals surface area contributed by atoms with Crippen LogP contribution in [0.1, 0.15) is 11.1 Å². The van der Waals surface area contributed by atoms with Crippen molar-refractivity contribution >= 4 is 35.7 Å². The number of H-pyrrole nitrogens is 1. The molecule has 9 heteroatoms. The molecule has 1 aromatic heterocycles. The molecular formula is C16H12ClN5O2S. The summed E-state index contributed by atoms with van der Waals surface area (Å²) in [4.78, 5) is 10.4. The minimum atomic E-state index is -0.540. The molecule has 0 unspecified atom stereocenters. The van der Waals surface area contributed by atoms with Crippen LogP contribution in [0, 0.1) is 21.8 Å². The number of rotatable bonds is 4. The second-order valence-corrected chi connectivity index (χ2v) is 6.04. The number of nitrogens with one attached hydrogen (secondary N) is 1. The second kappa shape index (κ2) is 6.96. The van der Waals surface area contributed by atoms with E-state index >= 15 is 0 Å². The summed E-state index contributed by atoms with van der Waals surface area (Å²) in [7, 11) is 0. The van der Waals surface area contributed by atoms with E-state index in [4.69, 9.17) is 23.8 Å². The molecule has 0 saturated heterocycles. The summed E-state index contributed by atoms with van der Waals surface area (Å²) >= 11 is 11.0. The average Bonchev–Trinajstić information content (AvgIpc) is 2.94. The maximum atomic E-state index is 11.0. The second-order valence-electron chi connectivity index (χ2n) is 5.25. The van der Waals surface area contributed by atoms with Gasteiger partial charge >= 0.3 is 0 Å². The highest BCUT2D eigenvalue weighted by atomic mass is 35.5. The number of halogens is 1. The molecule has 1 heterocycles. The number of benzene rings is 2. The first-order valence-electron chi connectivity index (χ1n) is 7.18. The lowest BCUT2D eigenvalue weighted by atomic mass is 10.1. The Bertz CT molecular complexity index is 1040. The van der Waals surface area contributed by atoms with E-state index in [0.717, 1.165) is 11.1 Å². The fourth-order valence-electron chi connectivity index (χ4n) is 2.24. The lowest BCUT2D eigenvalue weighted by Crippen LogP contribution is -1.96. The highest BCUT2D eigenvalue weighted by molar-refractivity contribution is 7.71. The third kappa shape index (κ3) is 3.65. The maximum absolute atomic E-state index is 11.0. The molecule has 25 heavy (non-hydrogen) atoms. The highest BCUT2D eigenvalue weighted by Crippen LogP contribution is 2.24. The quantitative estimate of drug-likeness (QED) is 0.318. The van der Waals surface area contributed by atoms with Crippen molar-refractivity contribution in [3.8, 4) is 11.4 Å². The lowest BCUT2D eigenvalue weighted by Gasteiger charge is -2.02. The Labute approximate surface area is 152 Å². The molecule has 7 nitrogen and oxygen atoms in total. The topological polar surface area (TPSA) is 89.1 Å². The van der Waals surface area contributed by atoms with E-state index in [1.165, 1.54) is 23.0 Å². The van der Waals surface area contributed by atoms with Gasteiger partial charge in [0.05, 0.1) is 11.1 Å². The zero-order valence-electron chi connectivity index (χ0n) is 13.0. The van der Waals surface area contributed by atoms with E-state index in [0.29, 0.717) is 16.2 Å². The highest BCUT2D eigenvalue weighted by Gasteiger charge is 2.12. The maximum Gasteiger partial charge on any atom is 0.288 e. The summed E-state index contributed by atoms with van der Waals surface area (Å²) in [5.74, 6) is 0.549.